The lowest BCUT2D eigenvalue weighted by Gasteiger charge is -2.13. The summed E-state index contributed by atoms with van der Waals surface area (Å²) in [6.07, 6.45) is 2.48. The van der Waals surface area contributed by atoms with Crippen molar-refractivity contribution < 1.29 is 14.7 Å². The molecule has 0 saturated heterocycles. The number of carbonyl (C=O) groups excluding carboxylic acids is 1. The highest BCUT2D eigenvalue weighted by Gasteiger charge is 2.21. The highest BCUT2D eigenvalue weighted by molar-refractivity contribution is 5.96. The minimum absolute atomic E-state index is 0.0534. The molecule has 18 heavy (non-hydrogen) atoms. The molecule has 6 nitrogen and oxygen atoms in total. The second-order valence-electron chi connectivity index (χ2n) is 3.99. The number of carboxylic acids is 1. The van der Waals surface area contributed by atoms with E-state index in [0.717, 1.165) is 0 Å². The lowest BCUT2D eigenvalue weighted by molar-refractivity contribution is -0.139. The van der Waals surface area contributed by atoms with E-state index in [1.165, 1.54) is 23.9 Å². The Balaban J connectivity index is 2.91. The van der Waals surface area contributed by atoms with Crippen LogP contribution >= 0.6 is 0 Å². The molecule has 1 atom stereocenters. The van der Waals surface area contributed by atoms with Crippen LogP contribution in [-0.4, -0.2) is 27.6 Å². The molecule has 98 valence electrons. The summed E-state index contributed by atoms with van der Waals surface area (Å²) >= 11 is 0. The van der Waals surface area contributed by atoms with Gasteiger partial charge < -0.3 is 15.0 Å². The van der Waals surface area contributed by atoms with Crippen LogP contribution in [0.1, 0.15) is 30.1 Å². The predicted octanol–water partition coefficient (Wildman–Crippen LogP) is 0.368. The summed E-state index contributed by atoms with van der Waals surface area (Å²) < 4.78 is 1.27. The van der Waals surface area contributed by atoms with Gasteiger partial charge in [0.1, 0.15) is 11.6 Å². The molecule has 1 heterocycles. The quantitative estimate of drug-likeness (QED) is 0.792. The molecule has 0 aliphatic heterocycles. The first-order valence-electron chi connectivity index (χ1n) is 5.66. The molecule has 1 amide bonds. The Bertz CT molecular complexity index is 507. The van der Waals surface area contributed by atoms with Crippen LogP contribution in [0.15, 0.2) is 23.1 Å². The van der Waals surface area contributed by atoms with E-state index in [2.05, 4.69) is 5.32 Å². The summed E-state index contributed by atoms with van der Waals surface area (Å²) in [5.74, 6) is -1.75. The fourth-order valence-corrected chi connectivity index (χ4v) is 1.55. The summed E-state index contributed by atoms with van der Waals surface area (Å²) in [4.78, 5) is 34.4. The van der Waals surface area contributed by atoms with Gasteiger partial charge in [0.15, 0.2) is 0 Å². The fourth-order valence-electron chi connectivity index (χ4n) is 1.55. The minimum atomic E-state index is -1.10. The molecule has 0 saturated carbocycles. The standard InChI is InChI=1S/C12H16N2O4/c1-3-5-9(12(17)18)13-10(15)8-6-4-7-14(2)11(8)16/h4,6-7,9H,3,5H2,1-2H3,(H,13,15)(H,17,18). The molecule has 0 aliphatic rings. The van der Waals surface area contributed by atoms with Crippen molar-refractivity contribution in [3.63, 3.8) is 0 Å². The molecule has 2 N–H and O–H groups in total. The number of aryl methyl sites for hydroxylation is 1. The molecule has 0 radical (unpaired) electrons. The van der Waals surface area contributed by atoms with Gasteiger partial charge in [-0.1, -0.05) is 13.3 Å². The van der Waals surface area contributed by atoms with E-state index in [1.54, 1.807) is 6.07 Å². The van der Waals surface area contributed by atoms with E-state index >= 15 is 0 Å². The van der Waals surface area contributed by atoms with Crippen molar-refractivity contribution in [1.82, 2.24) is 9.88 Å². The Morgan fingerprint density at radius 1 is 1.50 bits per heavy atom. The molecule has 0 spiro atoms. The topological polar surface area (TPSA) is 88.4 Å². The van der Waals surface area contributed by atoms with Gasteiger partial charge in [0.2, 0.25) is 0 Å². The first kappa shape index (κ1) is 14.0. The highest BCUT2D eigenvalue weighted by Crippen LogP contribution is 1.99. The van der Waals surface area contributed by atoms with Gasteiger partial charge in [-0.05, 0) is 18.6 Å². The monoisotopic (exact) mass is 252 g/mol. The third-order valence-electron chi connectivity index (χ3n) is 2.55. The van der Waals surface area contributed by atoms with Crippen LogP contribution in [0.4, 0.5) is 0 Å². The third-order valence-corrected chi connectivity index (χ3v) is 2.55. The summed E-state index contributed by atoms with van der Waals surface area (Å²) in [5.41, 5.74) is -0.502. The molecular weight excluding hydrogens is 236 g/mol. The van der Waals surface area contributed by atoms with E-state index < -0.39 is 23.5 Å². The van der Waals surface area contributed by atoms with Gasteiger partial charge in [0.05, 0.1) is 0 Å². The van der Waals surface area contributed by atoms with Crippen LogP contribution in [0, 0.1) is 0 Å². The second-order valence-corrected chi connectivity index (χ2v) is 3.99. The molecule has 0 aliphatic carbocycles. The van der Waals surface area contributed by atoms with Crippen molar-refractivity contribution in [3.8, 4) is 0 Å². The zero-order valence-corrected chi connectivity index (χ0v) is 10.3. The van der Waals surface area contributed by atoms with Crippen molar-refractivity contribution in [2.24, 2.45) is 7.05 Å². The molecule has 1 aromatic heterocycles. The Morgan fingerprint density at radius 3 is 2.72 bits per heavy atom. The zero-order chi connectivity index (χ0) is 13.7. The number of pyridine rings is 1. The van der Waals surface area contributed by atoms with Crippen molar-refractivity contribution in [2.45, 2.75) is 25.8 Å². The number of hydrogen-bond donors (Lipinski definition) is 2. The summed E-state index contributed by atoms with van der Waals surface area (Å²) in [7, 11) is 1.53. The molecular formula is C12H16N2O4. The van der Waals surface area contributed by atoms with Gasteiger partial charge in [-0.3, -0.25) is 9.59 Å². The average Bonchev–Trinajstić information content (AvgIpc) is 2.31. The summed E-state index contributed by atoms with van der Waals surface area (Å²) in [6.45, 7) is 1.82. The van der Waals surface area contributed by atoms with E-state index in [0.29, 0.717) is 12.8 Å². The Hall–Kier alpha value is -2.11. The van der Waals surface area contributed by atoms with Gasteiger partial charge in [0, 0.05) is 13.2 Å². The molecule has 1 rings (SSSR count). The zero-order valence-electron chi connectivity index (χ0n) is 10.3. The number of carboxylic acid groups (broad SMARTS) is 1. The van der Waals surface area contributed by atoms with Crippen molar-refractivity contribution in [3.05, 3.63) is 34.2 Å². The van der Waals surface area contributed by atoms with Crippen LogP contribution in [-0.2, 0) is 11.8 Å². The van der Waals surface area contributed by atoms with E-state index in [9.17, 15) is 14.4 Å². The van der Waals surface area contributed by atoms with Gasteiger partial charge in [0.25, 0.3) is 11.5 Å². The lowest BCUT2D eigenvalue weighted by Crippen LogP contribution is -2.42. The first-order chi connectivity index (χ1) is 8.47. The van der Waals surface area contributed by atoms with Gasteiger partial charge in [-0.15, -0.1) is 0 Å². The number of hydrogen-bond acceptors (Lipinski definition) is 3. The summed E-state index contributed by atoms with van der Waals surface area (Å²) in [5, 5.41) is 11.3. The van der Waals surface area contributed by atoms with Crippen molar-refractivity contribution in [1.29, 1.82) is 0 Å². The predicted molar refractivity (Wildman–Crippen MR) is 65.5 cm³/mol. The highest BCUT2D eigenvalue weighted by atomic mass is 16.4. The van der Waals surface area contributed by atoms with Crippen LogP contribution < -0.4 is 10.9 Å². The molecule has 1 unspecified atom stereocenters. The molecule has 0 aromatic carbocycles. The lowest BCUT2D eigenvalue weighted by atomic mass is 10.1. The van der Waals surface area contributed by atoms with Crippen molar-refractivity contribution in [2.75, 3.05) is 0 Å². The number of aromatic nitrogens is 1. The Kier molecular flexibility index (Phi) is 4.65. The SMILES string of the molecule is CCCC(NC(=O)c1cccn(C)c1=O)C(=O)O. The molecule has 0 fully saturated rings. The van der Waals surface area contributed by atoms with Crippen LogP contribution in [0.25, 0.3) is 0 Å². The molecule has 1 aromatic rings. The molecule has 6 heteroatoms. The average molecular weight is 252 g/mol. The van der Waals surface area contributed by atoms with E-state index in [1.807, 2.05) is 6.92 Å². The largest absolute Gasteiger partial charge is 0.480 e. The van der Waals surface area contributed by atoms with Crippen LogP contribution in [0.2, 0.25) is 0 Å². The number of nitrogens with zero attached hydrogens (tertiary/aromatic N) is 1. The summed E-state index contributed by atoms with van der Waals surface area (Å²) in [6, 6.07) is 1.97. The third kappa shape index (κ3) is 3.19. The van der Waals surface area contributed by atoms with Gasteiger partial charge >= 0.3 is 5.97 Å². The van der Waals surface area contributed by atoms with Crippen molar-refractivity contribution >= 4 is 11.9 Å². The van der Waals surface area contributed by atoms with Crippen LogP contribution in [0.5, 0.6) is 0 Å². The number of carbonyl (C=O) groups is 2. The Labute approximate surface area is 104 Å². The fraction of sp³-hybridized carbons (Fsp3) is 0.417. The number of amides is 1. The number of nitrogens with one attached hydrogen (secondary N) is 1. The van der Waals surface area contributed by atoms with Crippen LogP contribution in [0.3, 0.4) is 0 Å². The van der Waals surface area contributed by atoms with E-state index in [4.69, 9.17) is 5.11 Å². The maximum absolute atomic E-state index is 11.8. The first-order valence-corrected chi connectivity index (χ1v) is 5.66. The smallest absolute Gasteiger partial charge is 0.326 e. The normalized spacial score (nSPS) is 11.9. The maximum atomic E-state index is 11.8. The second kappa shape index (κ2) is 6.00. The van der Waals surface area contributed by atoms with Gasteiger partial charge in [-0.2, -0.15) is 0 Å². The minimum Gasteiger partial charge on any atom is -0.480 e. The number of aliphatic carboxylic acids is 1. The van der Waals surface area contributed by atoms with Gasteiger partial charge in [-0.25, -0.2) is 4.79 Å². The maximum Gasteiger partial charge on any atom is 0.326 e. The molecule has 0 bridgehead atoms. The Morgan fingerprint density at radius 2 is 2.17 bits per heavy atom. The number of rotatable bonds is 5. The van der Waals surface area contributed by atoms with E-state index in [-0.39, 0.29) is 5.56 Å².